The minimum Gasteiger partial charge on any atom is -0.244 e. The highest BCUT2D eigenvalue weighted by atomic mass is 79.9. The standard InChI is InChI=1S/C12H9BrClN/c13-7-10-8-15-12(14)6-11(10)9-4-2-1-3-5-9/h1-6,8H,7H2. The maximum Gasteiger partial charge on any atom is 0.129 e. The van der Waals surface area contributed by atoms with Crippen LogP contribution in [0.3, 0.4) is 0 Å². The van der Waals surface area contributed by atoms with Crippen molar-refractivity contribution in [2.24, 2.45) is 0 Å². The van der Waals surface area contributed by atoms with E-state index in [-0.39, 0.29) is 0 Å². The summed E-state index contributed by atoms with van der Waals surface area (Å²) in [6, 6.07) is 12.1. The predicted octanol–water partition coefficient (Wildman–Crippen LogP) is 4.30. The molecule has 0 aliphatic carbocycles. The van der Waals surface area contributed by atoms with Crippen molar-refractivity contribution in [3.63, 3.8) is 0 Å². The number of halogens is 2. The zero-order chi connectivity index (χ0) is 10.7. The van der Waals surface area contributed by atoms with E-state index in [1.165, 1.54) is 0 Å². The molecule has 1 heterocycles. The molecule has 0 spiro atoms. The van der Waals surface area contributed by atoms with Crippen LogP contribution in [0, 0.1) is 0 Å². The van der Waals surface area contributed by atoms with Gasteiger partial charge in [0.25, 0.3) is 0 Å². The van der Waals surface area contributed by atoms with Gasteiger partial charge < -0.3 is 0 Å². The predicted molar refractivity (Wildman–Crippen MR) is 67.3 cm³/mol. The van der Waals surface area contributed by atoms with Crippen molar-refractivity contribution < 1.29 is 0 Å². The second kappa shape index (κ2) is 4.77. The molecule has 3 heteroatoms. The molecule has 0 atom stereocenters. The smallest absolute Gasteiger partial charge is 0.129 e. The van der Waals surface area contributed by atoms with Gasteiger partial charge in [0.2, 0.25) is 0 Å². The normalized spacial score (nSPS) is 10.3. The Morgan fingerprint density at radius 2 is 1.93 bits per heavy atom. The molecule has 0 radical (unpaired) electrons. The summed E-state index contributed by atoms with van der Waals surface area (Å²) in [5, 5.41) is 1.31. The monoisotopic (exact) mass is 281 g/mol. The molecule has 0 N–H and O–H groups in total. The molecule has 1 aromatic carbocycles. The number of hydrogen-bond donors (Lipinski definition) is 0. The molecule has 0 amide bonds. The van der Waals surface area contributed by atoms with Crippen LogP contribution < -0.4 is 0 Å². The largest absolute Gasteiger partial charge is 0.244 e. The first kappa shape index (κ1) is 10.7. The van der Waals surface area contributed by atoms with E-state index in [4.69, 9.17) is 11.6 Å². The Morgan fingerprint density at radius 1 is 1.20 bits per heavy atom. The van der Waals surface area contributed by atoms with Crippen molar-refractivity contribution in [2.45, 2.75) is 5.33 Å². The average molecular weight is 283 g/mol. The molecule has 2 rings (SSSR count). The van der Waals surface area contributed by atoms with Crippen LogP contribution in [-0.4, -0.2) is 4.98 Å². The molecule has 0 aliphatic heterocycles. The van der Waals surface area contributed by atoms with Crippen LogP contribution in [0.4, 0.5) is 0 Å². The summed E-state index contributed by atoms with van der Waals surface area (Å²) in [5.74, 6) is 0. The highest BCUT2D eigenvalue weighted by Crippen LogP contribution is 2.26. The van der Waals surface area contributed by atoms with Crippen LogP contribution in [0.1, 0.15) is 5.56 Å². The molecule has 1 nitrogen and oxygen atoms in total. The number of alkyl halides is 1. The minimum atomic E-state index is 0.526. The van der Waals surface area contributed by atoms with Gasteiger partial charge in [-0.15, -0.1) is 0 Å². The maximum absolute atomic E-state index is 5.90. The lowest BCUT2D eigenvalue weighted by Crippen LogP contribution is -1.88. The fourth-order valence-corrected chi connectivity index (χ4v) is 2.06. The molecular formula is C12H9BrClN. The summed E-state index contributed by atoms with van der Waals surface area (Å²) in [5.41, 5.74) is 3.44. The molecule has 1 aromatic heterocycles. The van der Waals surface area contributed by atoms with E-state index >= 15 is 0 Å². The number of aromatic nitrogens is 1. The number of pyridine rings is 1. The van der Waals surface area contributed by atoms with Crippen molar-refractivity contribution in [3.8, 4) is 11.1 Å². The molecule has 0 unspecified atom stereocenters. The summed E-state index contributed by atoms with van der Waals surface area (Å²) in [6.07, 6.45) is 1.80. The van der Waals surface area contributed by atoms with Crippen LogP contribution in [-0.2, 0) is 5.33 Å². The lowest BCUT2D eigenvalue weighted by molar-refractivity contribution is 1.26. The lowest BCUT2D eigenvalue weighted by atomic mass is 10.0. The molecule has 76 valence electrons. The molecule has 0 fully saturated rings. The van der Waals surface area contributed by atoms with Crippen molar-refractivity contribution >= 4 is 27.5 Å². The van der Waals surface area contributed by atoms with Gasteiger partial charge in [-0.2, -0.15) is 0 Å². The van der Waals surface area contributed by atoms with E-state index < -0.39 is 0 Å². The Bertz CT molecular complexity index is 456. The van der Waals surface area contributed by atoms with Gasteiger partial charge >= 0.3 is 0 Å². The molecular weight excluding hydrogens is 273 g/mol. The molecule has 0 saturated carbocycles. The SMILES string of the molecule is Clc1cc(-c2ccccc2)c(CBr)cn1. The van der Waals surface area contributed by atoms with Gasteiger partial charge in [0.05, 0.1) is 0 Å². The first-order valence-electron chi connectivity index (χ1n) is 4.57. The van der Waals surface area contributed by atoms with E-state index in [1.54, 1.807) is 6.20 Å². The molecule has 15 heavy (non-hydrogen) atoms. The van der Waals surface area contributed by atoms with E-state index in [2.05, 4.69) is 33.0 Å². The Morgan fingerprint density at radius 3 is 2.60 bits per heavy atom. The van der Waals surface area contributed by atoms with Gasteiger partial charge in [0, 0.05) is 11.5 Å². The van der Waals surface area contributed by atoms with Gasteiger partial charge in [0.15, 0.2) is 0 Å². The maximum atomic E-state index is 5.90. The van der Waals surface area contributed by atoms with Gasteiger partial charge in [-0.3, -0.25) is 0 Å². The Hall–Kier alpha value is -0.860. The third-order valence-corrected chi connectivity index (χ3v) is 2.99. The van der Waals surface area contributed by atoms with E-state index in [0.29, 0.717) is 5.15 Å². The van der Waals surface area contributed by atoms with E-state index in [1.807, 2.05) is 24.3 Å². The lowest BCUT2D eigenvalue weighted by Gasteiger charge is -2.06. The summed E-state index contributed by atoms with van der Waals surface area (Å²) >= 11 is 9.34. The van der Waals surface area contributed by atoms with E-state index in [9.17, 15) is 0 Å². The topological polar surface area (TPSA) is 12.9 Å². The van der Waals surface area contributed by atoms with Crippen LogP contribution in [0.2, 0.25) is 5.15 Å². The Balaban J connectivity index is 2.56. The molecule has 0 saturated heterocycles. The highest BCUT2D eigenvalue weighted by molar-refractivity contribution is 9.08. The fourth-order valence-electron chi connectivity index (χ4n) is 1.45. The van der Waals surface area contributed by atoms with Crippen molar-refractivity contribution in [2.75, 3.05) is 0 Å². The Kier molecular flexibility index (Phi) is 3.39. The second-order valence-electron chi connectivity index (χ2n) is 3.16. The van der Waals surface area contributed by atoms with Gasteiger partial charge in [-0.25, -0.2) is 4.98 Å². The zero-order valence-electron chi connectivity index (χ0n) is 7.95. The third kappa shape index (κ3) is 2.39. The van der Waals surface area contributed by atoms with Gasteiger partial charge in [-0.05, 0) is 22.8 Å². The van der Waals surface area contributed by atoms with E-state index in [0.717, 1.165) is 22.0 Å². The second-order valence-corrected chi connectivity index (χ2v) is 4.11. The first-order chi connectivity index (χ1) is 7.31. The summed E-state index contributed by atoms with van der Waals surface area (Å²) in [6.45, 7) is 0. The summed E-state index contributed by atoms with van der Waals surface area (Å²) < 4.78 is 0. The number of hydrogen-bond acceptors (Lipinski definition) is 1. The summed E-state index contributed by atoms with van der Waals surface area (Å²) in [7, 11) is 0. The van der Waals surface area contributed by atoms with Crippen LogP contribution >= 0.6 is 27.5 Å². The first-order valence-corrected chi connectivity index (χ1v) is 6.07. The van der Waals surface area contributed by atoms with Crippen molar-refractivity contribution in [1.82, 2.24) is 4.98 Å². The quantitative estimate of drug-likeness (QED) is 0.591. The minimum absolute atomic E-state index is 0.526. The average Bonchev–Trinajstić information content (AvgIpc) is 2.30. The fraction of sp³-hybridized carbons (Fsp3) is 0.0833. The van der Waals surface area contributed by atoms with Crippen molar-refractivity contribution in [3.05, 3.63) is 53.3 Å². The Labute approximate surface area is 102 Å². The number of nitrogens with zero attached hydrogens (tertiary/aromatic N) is 1. The van der Waals surface area contributed by atoms with Gasteiger partial charge in [-0.1, -0.05) is 57.9 Å². The highest BCUT2D eigenvalue weighted by Gasteiger charge is 2.05. The molecule has 0 aliphatic rings. The van der Waals surface area contributed by atoms with Gasteiger partial charge in [0.1, 0.15) is 5.15 Å². The number of rotatable bonds is 2. The van der Waals surface area contributed by atoms with Crippen LogP contribution in [0.15, 0.2) is 42.6 Å². The van der Waals surface area contributed by atoms with Crippen molar-refractivity contribution in [1.29, 1.82) is 0 Å². The third-order valence-electron chi connectivity index (χ3n) is 2.18. The zero-order valence-corrected chi connectivity index (χ0v) is 10.3. The number of benzene rings is 1. The molecule has 2 aromatic rings. The summed E-state index contributed by atoms with van der Waals surface area (Å²) in [4.78, 5) is 4.07. The van der Waals surface area contributed by atoms with Crippen LogP contribution in [0.25, 0.3) is 11.1 Å². The van der Waals surface area contributed by atoms with Crippen LogP contribution in [0.5, 0.6) is 0 Å². The molecule has 0 bridgehead atoms.